The average molecular weight is 511 g/mol. The van der Waals surface area contributed by atoms with Crippen molar-refractivity contribution in [2.45, 2.75) is 32.7 Å². The Hall–Kier alpha value is -4.53. The van der Waals surface area contributed by atoms with Crippen LogP contribution in [0.4, 0.5) is 10.3 Å². The topological polar surface area (TPSA) is 93.3 Å². The molecule has 5 aromatic rings. The SMILES string of the molecule is Cc1ccc([C@H](C)NC(=O)c2cn(C)c3ccc(-c4ccn5nc(NC(=O)C6CC6)nc5c4)cc23)cc1F. The fourth-order valence-corrected chi connectivity index (χ4v) is 4.66. The Kier molecular flexibility index (Phi) is 5.71. The number of aromatic nitrogens is 4. The summed E-state index contributed by atoms with van der Waals surface area (Å²) < 4.78 is 17.6. The molecule has 2 N–H and O–H groups in total. The van der Waals surface area contributed by atoms with Crippen molar-refractivity contribution in [3.8, 4) is 11.1 Å². The fourth-order valence-electron chi connectivity index (χ4n) is 4.66. The van der Waals surface area contributed by atoms with Crippen LogP contribution in [0.25, 0.3) is 27.7 Å². The Morgan fingerprint density at radius 1 is 1.08 bits per heavy atom. The largest absolute Gasteiger partial charge is 0.350 e. The number of nitrogens with one attached hydrogen (secondary N) is 2. The maximum Gasteiger partial charge on any atom is 0.253 e. The third-order valence-electron chi connectivity index (χ3n) is 7.13. The summed E-state index contributed by atoms with van der Waals surface area (Å²) in [5.74, 6) is -0.199. The minimum Gasteiger partial charge on any atom is -0.350 e. The lowest BCUT2D eigenvalue weighted by atomic mass is 10.0. The van der Waals surface area contributed by atoms with Crippen molar-refractivity contribution in [2.75, 3.05) is 5.32 Å². The van der Waals surface area contributed by atoms with E-state index in [9.17, 15) is 14.0 Å². The number of rotatable bonds is 6. The smallest absolute Gasteiger partial charge is 0.253 e. The molecule has 192 valence electrons. The van der Waals surface area contributed by atoms with Gasteiger partial charge in [-0.1, -0.05) is 18.2 Å². The van der Waals surface area contributed by atoms with Gasteiger partial charge in [0.1, 0.15) is 5.82 Å². The number of anilines is 1. The number of fused-ring (bicyclic) bond motifs is 2. The normalized spacial score (nSPS) is 14.1. The molecule has 1 aliphatic carbocycles. The van der Waals surface area contributed by atoms with Gasteiger partial charge in [-0.05, 0) is 79.3 Å². The van der Waals surface area contributed by atoms with Gasteiger partial charge in [-0.3, -0.25) is 14.9 Å². The highest BCUT2D eigenvalue weighted by atomic mass is 19.1. The van der Waals surface area contributed by atoms with Gasteiger partial charge in [0.15, 0.2) is 5.65 Å². The third-order valence-corrected chi connectivity index (χ3v) is 7.13. The molecule has 2 amide bonds. The summed E-state index contributed by atoms with van der Waals surface area (Å²) in [5, 5.41) is 10.9. The highest BCUT2D eigenvalue weighted by molar-refractivity contribution is 6.08. The predicted molar refractivity (Wildman–Crippen MR) is 143 cm³/mol. The van der Waals surface area contributed by atoms with Crippen LogP contribution in [0.1, 0.15) is 47.3 Å². The highest BCUT2D eigenvalue weighted by Gasteiger charge is 2.30. The average Bonchev–Trinajstić information content (AvgIpc) is 3.60. The van der Waals surface area contributed by atoms with Gasteiger partial charge in [0.25, 0.3) is 5.91 Å². The molecule has 2 aromatic carbocycles. The molecule has 1 atom stereocenters. The molecule has 1 fully saturated rings. The minimum atomic E-state index is -0.360. The van der Waals surface area contributed by atoms with Crippen molar-refractivity contribution < 1.29 is 14.0 Å². The highest BCUT2D eigenvalue weighted by Crippen LogP contribution is 2.31. The molecule has 1 saturated carbocycles. The number of nitrogens with zero attached hydrogens (tertiary/aromatic N) is 4. The van der Waals surface area contributed by atoms with E-state index < -0.39 is 0 Å². The Morgan fingerprint density at radius 3 is 2.63 bits per heavy atom. The number of benzene rings is 2. The lowest BCUT2D eigenvalue weighted by Gasteiger charge is -2.15. The second-order valence-electron chi connectivity index (χ2n) is 10.0. The standard InChI is InChI=1S/C29H27FN6O2/c1-16-4-5-19(13-24(16)30)17(2)31-28(38)23-15-35(3)25-9-8-20(12-22(23)25)21-10-11-36-26(14-21)32-29(34-36)33-27(37)18-6-7-18/h4-5,8-15,17-18H,6-7H2,1-3H3,(H,31,38)(H,33,34,37)/t17-/m0/s1. The molecule has 8 nitrogen and oxygen atoms in total. The maximum atomic E-state index is 14.1. The Balaban J connectivity index is 1.29. The maximum absolute atomic E-state index is 14.1. The number of pyridine rings is 1. The number of hydrogen-bond acceptors (Lipinski definition) is 4. The molecular formula is C29H27FN6O2. The number of carbonyl (C=O) groups excluding carboxylic acids is 2. The predicted octanol–water partition coefficient (Wildman–Crippen LogP) is 5.18. The molecule has 3 aromatic heterocycles. The van der Waals surface area contributed by atoms with Crippen LogP contribution in [0.3, 0.4) is 0 Å². The quantitative estimate of drug-likeness (QED) is 0.329. The van der Waals surface area contributed by atoms with Crippen molar-refractivity contribution in [1.29, 1.82) is 0 Å². The van der Waals surface area contributed by atoms with Gasteiger partial charge in [0.2, 0.25) is 11.9 Å². The van der Waals surface area contributed by atoms with Gasteiger partial charge in [-0.2, -0.15) is 4.98 Å². The molecule has 9 heteroatoms. The van der Waals surface area contributed by atoms with Crippen molar-refractivity contribution in [2.24, 2.45) is 13.0 Å². The van der Waals surface area contributed by atoms with Gasteiger partial charge < -0.3 is 9.88 Å². The summed E-state index contributed by atoms with van der Waals surface area (Å²) in [6.07, 6.45) is 5.43. The zero-order valence-corrected chi connectivity index (χ0v) is 21.3. The monoisotopic (exact) mass is 510 g/mol. The van der Waals surface area contributed by atoms with E-state index in [-0.39, 0.29) is 29.6 Å². The number of halogens is 1. The number of hydrogen-bond donors (Lipinski definition) is 2. The van der Waals surface area contributed by atoms with Crippen LogP contribution in [0.5, 0.6) is 0 Å². The Morgan fingerprint density at radius 2 is 1.87 bits per heavy atom. The van der Waals surface area contributed by atoms with Gasteiger partial charge in [-0.15, -0.1) is 5.10 Å². The van der Waals surface area contributed by atoms with E-state index in [0.717, 1.165) is 34.9 Å². The van der Waals surface area contributed by atoms with Crippen molar-refractivity contribution in [1.82, 2.24) is 24.5 Å². The lowest BCUT2D eigenvalue weighted by Crippen LogP contribution is -2.26. The summed E-state index contributed by atoms with van der Waals surface area (Å²) >= 11 is 0. The van der Waals surface area contributed by atoms with Crippen LogP contribution in [-0.4, -0.2) is 31.0 Å². The minimum absolute atomic E-state index is 0.0386. The molecule has 0 unspecified atom stereocenters. The molecule has 0 saturated heterocycles. The zero-order chi connectivity index (χ0) is 26.6. The summed E-state index contributed by atoms with van der Waals surface area (Å²) in [6, 6.07) is 14.4. The van der Waals surface area contributed by atoms with E-state index in [1.165, 1.54) is 6.07 Å². The first-order valence-electron chi connectivity index (χ1n) is 12.6. The molecule has 6 rings (SSSR count). The van der Waals surface area contributed by atoms with Crippen LogP contribution in [0.2, 0.25) is 0 Å². The number of amides is 2. The van der Waals surface area contributed by atoms with Crippen LogP contribution in [0.15, 0.2) is 60.9 Å². The summed E-state index contributed by atoms with van der Waals surface area (Å²) in [4.78, 5) is 29.8. The number of carbonyl (C=O) groups is 2. The van der Waals surface area contributed by atoms with E-state index in [1.54, 1.807) is 23.7 Å². The molecular weight excluding hydrogens is 483 g/mol. The summed E-state index contributed by atoms with van der Waals surface area (Å²) in [5.41, 5.74) is 5.16. The first-order valence-corrected chi connectivity index (χ1v) is 12.6. The van der Waals surface area contributed by atoms with Crippen LogP contribution < -0.4 is 10.6 Å². The first-order chi connectivity index (χ1) is 18.3. The molecule has 0 radical (unpaired) electrons. The van der Waals surface area contributed by atoms with E-state index in [4.69, 9.17) is 0 Å². The van der Waals surface area contributed by atoms with Gasteiger partial charge in [0, 0.05) is 36.3 Å². The Labute approximate surface area is 218 Å². The van der Waals surface area contributed by atoms with Crippen molar-refractivity contribution in [3.05, 3.63) is 83.4 Å². The van der Waals surface area contributed by atoms with E-state index in [1.807, 2.05) is 61.1 Å². The molecule has 1 aliphatic rings. The molecule has 0 bridgehead atoms. The van der Waals surface area contributed by atoms with E-state index in [2.05, 4.69) is 20.7 Å². The molecule has 0 spiro atoms. The molecule has 0 aliphatic heterocycles. The lowest BCUT2D eigenvalue weighted by molar-refractivity contribution is -0.117. The summed E-state index contributed by atoms with van der Waals surface area (Å²) in [7, 11) is 1.90. The van der Waals surface area contributed by atoms with E-state index in [0.29, 0.717) is 28.3 Å². The van der Waals surface area contributed by atoms with Gasteiger partial charge >= 0.3 is 0 Å². The molecule has 3 heterocycles. The van der Waals surface area contributed by atoms with E-state index >= 15 is 0 Å². The van der Waals surface area contributed by atoms with Crippen LogP contribution in [-0.2, 0) is 11.8 Å². The zero-order valence-electron chi connectivity index (χ0n) is 21.3. The van der Waals surface area contributed by atoms with Crippen molar-refractivity contribution in [3.63, 3.8) is 0 Å². The fraction of sp³-hybridized carbons (Fsp3) is 0.241. The van der Waals surface area contributed by atoms with Crippen LogP contribution >= 0.6 is 0 Å². The van der Waals surface area contributed by atoms with Crippen LogP contribution in [0, 0.1) is 18.7 Å². The van der Waals surface area contributed by atoms with Gasteiger partial charge in [-0.25, -0.2) is 8.91 Å². The third kappa shape index (κ3) is 4.40. The summed E-state index contributed by atoms with van der Waals surface area (Å²) in [6.45, 7) is 3.55. The Bertz CT molecular complexity index is 1730. The number of aryl methyl sites for hydroxylation is 2. The first kappa shape index (κ1) is 23.8. The second-order valence-corrected chi connectivity index (χ2v) is 10.0. The molecule has 38 heavy (non-hydrogen) atoms. The second kappa shape index (κ2) is 9.09. The van der Waals surface area contributed by atoms with Crippen molar-refractivity contribution >= 4 is 34.3 Å². The van der Waals surface area contributed by atoms with Gasteiger partial charge in [0.05, 0.1) is 11.6 Å².